The third kappa shape index (κ3) is 3.42. The Hall–Kier alpha value is -2.38. The highest BCUT2D eigenvalue weighted by Gasteiger charge is 2.31. The number of fused-ring (bicyclic) bond motifs is 3. The molecule has 8 heteroatoms. The Morgan fingerprint density at radius 2 is 1.79 bits per heavy atom. The summed E-state index contributed by atoms with van der Waals surface area (Å²) in [5, 5.41) is 13.0. The third-order valence-corrected chi connectivity index (χ3v) is 6.19. The van der Waals surface area contributed by atoms with E-state index >= 15 is 0 Å². The number of benzene rings is 1. The molecule has 0 atom stereocenters. The zero-order valence-corrected chi connectivity index (χ0v) is 16.5. The van der Waals surface area contributed by atoms with E-state index in [0.29, 0.717) is 17.3 Å². The summed E-state index contributed by atoms with van der Waals surface area (Å²) in [7, 11) is 0. The minimum atomic E-state index is -0.640. The first-order valence-corrected chi connectivity index (χ1v) is 10.2. The highest BCUT2D eigenvalue weighted by molar-refractivity contribution is 6.30. The van der Waals surface area contributed by atoms with E-state index < -0.39 is 11.6 Å². The third-order valence-electron chi connectivity index (χ3n) is 5.95. The molecule has 150 valence electrons. The van der Waals surface area contributed by atoms with E-state index in [1.807, 2.05) is 18.2 Å². The topological polar surface area (TPSA) is 55.6 Å². The number of hydrogen-bond acceptors (Lipinski definition) is 4. The molecule has 0 spiro atoms. The van der Waals surface area contributed by atoms with Crippen LogP contribution in [0, 0.1) is 11.6 Å². The van der Waals surface area contributed by atoms with Crippen LogP contribution < -0.4 is 5.32 Å². The Kier molecular flexibility index (Phi) is 4.80. The molecule has 1 aromatic carbocycles. The lowest BCUT2D eigenvalue weighted by Gasteiger charge is -2.28. The van der Waals surface area contributed by atoms with Gasteiger partial charge in [-0.1, -0.05) is 11.6 Å². The molecule has 1 fully saturated rings. The maximum atomic E-state index is 14.1. The van der Waals surface area contributed by atoms with Crippen LogP contribution in [0.1, 0.15) is 60.4 Å². The summed E-state index contributed by atoms with van der Waals surface area (Å²) in [6.45, 7) is 1.36. The van der Waals surface area contributed by atoms with Crippen molar-refractivity contribution in [3.8, 4) is 5.69 Å². The number of halogens is 3. The zero-order valence-electron chi connectivity index (χ0n) is 15.7. The molecule has 1 saturated carbocycles. The summed E-state index contributed by atoms with van der Waals surface area (Å²) in [6, 6.07) is 6.80. The summed E-state index contributed by atoms with van der Waals surface area (Å²) < 4.78 is 29.4. The number of pyridine rings is 1. The maximum absolute atomic E-state index is 14.1. The van der Waals surface area contributed by atoms with Crippen LogP contribution in [0.25, 0.3) is 5.69 Å². The summed E-state index contributed by atoms with van der Waals surface area (Å²) in [6.07, 6.45) is 4.38. The first kappa shape index (κ1) is 18.6. The molecule has 0 saturated heterocycles. The van der Waals surface area contributed by atoms with Gasteiger partial charge in [0.2, 0.25) is 0 Å². The summed E-state index contributed by atoms with van der Waals surface area (Å²) in [5.74, 6) is 0.872. The quantitative estimate of drug-likeness (QED) is 0.662. The minimum Gasteiger partial charge on any atom is -0.306 e. The van der Waals surface area contributed by atoms with Gasteiger partial charge in [-0.25, -0.2) is 8.78 Å². The number of aromatic nitrogens is 4. The summed E-state index contributed by atoms with van der Waals surface area (Å²) >= 11 is 6.19. The fourth-order valence-corrected chi connectivity index (χ4v) is 4.74. The Morgan fingerprint density at radius 3 is 2.59 bits per heavy atom. The van der Waals surface area contributed by atoms with E-state index in [-0.39, 0.29) is 11.8 Å². The van der Waals surface area contributed by atoms with E-state index in [2.05, 4.69) is 25.1 Å². The normalized spacial score (nSPS) is 21.3. The Morgan fingerprint density at radius 1 is 1.00 bits per heavy atom. The van der Waals surface area contributed by atoms with Gasteiger partial charge in [0.1, 0.15) is 17.5 Å². The highest BCUT2D eigenvalue weighted by Crippen LogP contribution is 2.41. The van der Waals surface area contributed by atoms with Gasteiger partial charge < -0.3 is 5.32 Å². The largest absolute Gasteiger partial charge is 0.306 e. The lowest BCUT2D eigenvalue weighted by Crippen LogP contribution is -2.18. The molecule has 29 heavy (non-hydrogen) atoms. The Labute approximate surface area is 172 Å². The van der Waals surface area contributed by atoms with Crippen molar-refractivity contribution in [1.29, 1.82) is 0 Å². The molecule has 1 aliphatic heterocycles. The molecule has 0 radical (unpaired) electrons. The molecule has 2 aliphatic rings. The first-order chi connectivity index (χ1) is 14.1. The molecule has 1 N–H and O–H groups in total. The molecule has 0 unspecified atom stereocenters. The van der Waals surface area contributed by atoms with Crippen molar-refractivity contribution in [2.24, 2.45) is 0 Å². The van der Waals surface area contributed by atoms with Crippen molar-refractivity contribution < 1.29 is 8.78 Å². The van der Waals surface area contributed by atoms with E-state index in [9.17, 15) is 8.78 Å². The van der Waals surface area contributed by atoms with Crippen LogP contribution >= 0.6 is 11.6 Å². The number of nitrogens with one attached hydrogen (secondary N) is 1. The van der Waals surface area contributed by atoms with Crippen LogP contribution in [0.15, 0.2) is 30.5 Å². The Balaban J connectivity index is 1.42. The lowest BCUT2D eigenvalue weighted by molar-refractivity contribution is 0.367. The van der Waals surface area contributed by atoms with Crippen LogP contribution in [-0.4, -0.2) is 19.7 Å². The summed E-state index contributed by atoms with van der Waals surface area (Å²) in [5.41, 5.74) is 2.54. The van der Waals surface area contributed by atoms with Crippen molar-refractivity contribution in [2.45, 2.75) is 50.6 Å². The molecule has 0 bridgehead atoms. The van der Waals surface area contributed by atoms with E-state index in [4.69, 9.17) is 11.6 Å². The van der Waals surface area contributed by atoms with Gasteiger partial charge in [0.15, 0.2) is 5.82 Å². The second-order valence-electron chi connectivity index (χ2n) is 7.76. The van der Waals surface area contributed by atoms with Gasteiger partial charge in [0.25, 0.3) is 0 Å². The minimum absolute atomic E-state index is 0.00568. The van der Waals surface area contributed by atoms with Crippen LogP contribution in [-0.2, 0) is 13.1 Å². The SMILES string of the molecule is Fc1cnc(C2CCC(c3nnc4n3-c3ccc(Cl)cc3CNC4)CC2)c(F)c1. The average molecular weight is 416 g/mol. The fourth-order valence-electron chi connectivity index (χ4n) is 4.55. The van der Waals surface area contributed by atoms with Crippen LogP contribution in [0.4, 0.5) is 8.78 Å². The van der Waals surface area contributed by atoms with Crippen LogP contribution in [0.5, 0.6) is 0 Å². The van der Waals surface area contributed by atoms with Crippen molar-refractivity contribution in [1.82, 2.24) is 25.1 Å². The molecule has 3 aromatic rings. The fraction of sp³-hybridized carbons (Fsp3) is 0.381. The number of nitrogens with zero attached hydrogens (tertiary/aromatic N) is 4. The second kappa shape index (κ2) is 7.46. The van der Waals surface area contributed by atoms with Crippen molar-refractivity contribution in [2.75, 3.05) is 0 Å². The smallest absolute Gasteiger partial charge is 0.151 e. The molecule has 5 nitrogen and oxygen atoms in total. The van der Waals surface area contributed by atoms with Gasteiger partial charge in [0, 0.05) is 29.5 Å². The number of hydrogen-bond donors (Lipinski definition) is 1. The Bertz CT molecular complexity index is 1060. The molecule has 2 aromatic heterocycles. The average Bonchev–Trinajstić information content (AvgIpc) is 3.04. The van der Waals surface area contributed by atoms with Gasteiger partial charge in [-0.3, -0.25) is 9.55 Å². The molecule has 1 aliphatic carbocycles. The van der Waals surface area contributed by atoms with Crippen LogP contribution in [0.2, 0.25) is 5.02 Å². The standard InChI is InChI=1S/C21H20ClF2N5/c22-15-5-6-18-14(7-15)9-25-11-19-27-28-21(29(18)19)13-3-1-12(2-4-13)20-17(24)8-16(23)10-26-20/h5-8,10,12-13,25H,1-4,9,11H2. The predicted molar refractivity (Wildman–Crippen MR) is 105 cm³/mol. The first-order valence-electron chi connectivity index (χ1n) is 9.85. The van der Waals surface area contributed by atoms with Gasteiger partial charge >= 0.3 is 0 Å². The maximum Gasteiger partial charge on any atom is 0.151 e. The predicted octanol–water partition coefficient (Wildman–Crippen LogP) is 4.64. The molecular formula is C21H20ClF2N5. The number of rotatable bonds is 2. The molecule has 3 heterocycles. The second-order valence-corrected chi connectivity index (χ2v) is 8.19. The molecular weight excluding hydrogens is 396 g/mol. The lowest BCUT2D eigenvalue weighted by atomic mass is 9.79. The monoisotopic (exact) mass is 415 g/mol. The van der Waals surface area contributed by atoms with E-state index in [1.54, 1.807) is 0 Å². The van der Waals surface area contributed by atoms with Gasteiger partial charge in [0.05, 0.1) is 24.1 Å². The van der Waals surface area contributed by atoms with Gasteiger partial charge in [-0.2, -0.15) is 0 Å². The molecule has 5 rings (SSSR count). The van der Waals surface area contributed by atoms with Crippen molar-refractivity contribution in [3.05, 3.63) is 70.0 Å². The van der Waals surface area contributed by atoms with E-state index in [1.165, 1.54) is 0 Å². The zero-order chi connectivity index (χ0) is 20.0. The van der Waals surface area contributed by atoms with Gasteiger partial charge in [-0.15, -0.1) is 10.2 Å². The van der Waals surface area contributed by atoms with E-state index in [0.717, 1.165) is 67.4 Å². The summed E-state index contributed by atoms with van der Waals surface area (Å²) in [4.78, 5) is 4.01. The van der Waals surface area contributed by atoms with Gasteiger partial charge in [-0.05, 0) is 49.4 Å². The van der Waals surface area contributed by atoms with Crippen molar-refractivity contribution >= 4 is 11.6 Å². The molecule has 0 amide bonds. The van der Waals surface area contributed by atoms with Crippen molar-refractivity contribution in [3.63, 3.8) is 0 Å². The highest BCUT2D eigenvalue weighted by atomic mass is 35.5. The van der Waals surface area contributed by atoms with Crippen LogP contribution in [0.3, 0.4) is 0 Å².